The highest BCUT2D eigenvalue weighted by Crippen LogP contribution is 2.19. The maximum absolute atomic E-state index is 11.4. The number of carbonyl (C=O) groups excluding carboxylic acids is 1. The minimum Gasteiger partial charge on any atom is -0.370 e. The summed E-state index contributed by atoms with van der Waals surface area (Å²) in [7, 11) is 0. The van der Waals surface area contributed by atoms with Crippen molar-refractivity contribution >= 4 is 29.2 Å². The first kappa shape index (κ1) is 13.6. The van der Waals surface area contributed by atoms with Crippen LogP contribution in [0.5, 0.6) is 0 Å². The number of anilines is 1. The number of hydrogen-bond donors (Lipinski definition) is 4. The molecule has 1 aromatic carbocycles. The molecule has 6 nitrogen and oxygen atoms in total. The Hall–Kier alpha value is -1.79. The molecule has 1 aliphatic heterocycles. The monoisotopic (exact) mass is 281 g/mol. The Morgan fingerprint density at radius 3 is 2.95 bits per heavy atom. The summed E-state index contributed by atoms with van der Waals surface area (Å²) >= 11 is 6.00. The fourth-order valence-electron chi connectivity index (χ4n) is 1.80. The molecule has 1 aliphatic rings. The summed E-state index contributed by atoms with van der Waals surface area (Å²) in [6.07, 6.45) is -0.0876. The quantitative estimate of drug-likeness (QED) is 0.478. The Labute approximate surface area is 116 Å². The third kappa shape index (κ3) is 3.84. The molecule has 19 heavy (non-hydrogen) atoms. The first-order chi connectivity index (χ1) is 9.04. The SMILES string of the molecule is CC1CC(=O)NC(/N=C(\N)Nc2ccccc2Cl)N1. The van der Waals surface area contributed by atoms with Crippen molar-refractivity contribution in [3.63, 3.8) is 0 Å². The van der Waals surface area contributed by atoms with Crippen LogP contribution in [0.2, 0.25) is 5.02 Å². The summed E-state index contributed by atoms with van der Waals surface area (Å²) in [6, 6.07) is 7.27. The molecule has 0 bridgehead atoms. The molecule has 0 aliphatic carbocycles. The van der Waals surface area contributed by atoms with Crippen LogP contribution in [0.4, 0.5) is 5.69 Å². The van der Waals surface area contributed by atoms with Crippen molar-refractivity contribution in [3.05, 3.63) is 29.3 Å². The van der Waals surface area contributed by atoms with Gasteiger partial charge in [0.05, 0.1) is 10.7 Å². The standard InChI is InChI=1S/C12H16ClN5O/c1-7-6-10(19)17-12(15-7)18-11(14)16-9-5-3-2-4-8(9)13/h2-5,7,12,15H,6H2,1H3,(H,17,19)(H3,14,16,18). The number of nitrogens with one attached hydrogen (secondary N) is 3. The lowest BCUT2D eigenvalue weighted by atomic mass is 10.2. The van der Waals surface area contributed by atoms with Gasteiger partial charge in [0.25, 0.3) is 0 Å². The number of rotatable bonds is 2. The molecular formula is C12H16ClN5O. The largest absolute Gasteiger partial charge is 0.370 e. The van der Waals surface area contributed by atoms with Crippen molar-refractivity contribution in [1.82, 2.24) is 10.6 Å². The lowest BCUT2D eigenvalue weighted by Gasteiger charge is -2.26. The van der Waals surface area contributed by atoms with Gasteiger partial charge in [-0.1, -0.05) is 23.7 Å². The second-order valence-corrected chi connectivity index (χ2v) is 4.77. The van der Waals surface area contributed by atoms with Gasteiger partial charge in [0.1, 0.15) is 0 Å². The third-order valence-corrected chi connectivity index (χ3v) is 2.97. The summed E-state index contributed by atoms with van der Waals surface area (Å²) in [4.78, 5) is 15.5. The average Bonchev–Trinajstić information content (AvgIpc) is 2.30. The van der Waals surface area contributed by atoms with E-state index in [0.29, 0.717) is 17.1 Å². The highest BCUT2D eigenvalue weighted by Gasteiger charge is 2.22. The molecule has 2 atom stereocenters. The van der Waals surface area contributed by atoms with Crippen LogP contribution in [0.25, 0.3) is 0 Å². The Morgan fingerprint density at radius 1 is 1.53 bits per heavy atom. The molecular weight excluding hydrogens is 266 g/mol. The summed E-state index contributed by atoms with van der Waals surface area (Å²) in [5, 5.41) is 9.24. The first-order valence-electron chi connectivity index (χ1n) is 5.95. The number of amides is 1. The molecule has 2 rings (SSSR count). The van der Waals surface area contributed by atoms with E-state index in [4.69, 9.17) is 17.3 Å². The van der Waals surface area contributed by atoms with Gasteiger partial charge < -0.3 is 16.4 Å². The van der Waals surface area contributed by atoms with Gasteiger partial charge in [-0.05, 0) is 19.1 Å². The molecule has 102 valence electrons. The molecule has 1 aromatic rings. The van der Waals surface area contributed by atoms with E-state index in [9.17, 15) is 4.79 Å². The van der Waals surface area contributed by atoms with Crippen molar-refractivity contribution in [1.29, 1.82) is 0 Å². The number of benzene rings is 1. The van der Waals surface area contributed by atoms with Crippen LogP contribution >= 0.6 is 11.6 Å². The fourth-order valence-corrected chi connectivity index (χ4v) is 1.98. The van der Waals surface area contributed by atoms with Gasteiger partial charge in [-0.15, -0.1) is 0 Å². The van der Waals surface area contributed by atoms with E-state index >= 15 is 0 Å². The highest BCUT2D eigenvalue weighted by atomic mass is 35.5. The van der Waals surface area contributed by atoms with E-state index in [1.807, 2.05) is 19.1 Å². The molecule has 0 spiro atoms. The van der Waals surface area contributed by atoms with E-state index in [-0.39, 0.29) is 17.9 Å². The van der Waals surface area contributed by atoms with E-state index in [2.05, 4.69) is 20.9 Å². The maximum atomic E-state index is 11.4. The van der Waals surface area contributed by atoms with E-state index in [1.165, 1.54) is 0 Å². The zero-order chi connectivity index (χ0) is 13.8. The van der Waals surface area contributed by atoms with Crippen molar-refractivity contribution in [2.24, 2.45) is 10.7 Å². The minimum absolute atomic E-state index is 0.0504. The summed E-state index contributed by atoms with van der Waals surface area (Å²) in [6.45, 7) is 1.92. The molecule has 2 unspecified atom stereocenters. The Morgan fingerprint density at radius 2 is 2.26 bits per heavy atom. The molecule has 7 heteroatoms. The number of nitrogens with two attached hydrogens (primary N) is 1. The van der Waals surface area contributed by atoms with Crippen LogP contribution in [-0.2, 0) is 4.79 Å². The van der Waals surface area contributed by atoms with Gasteiger partial charge in [0, 0.05) is 12.5 Å². The highest BCUT2D eigenvalue weighted by molar-refractivity contribution is 6.33. The zero-order valence-corrected chi connectivity index (χ0v) is 11.2. The number of hydrogen-bond acceptors (Lipinski definition) is 3. The maximum Gasteiger partial charge on any atom is 0.224 e. The Kier molecular flexibility index (Phi) is 4.24. The van der Waals surface area contributed by atoms with Gasteiger partial charge in [-0.25, -0.2) is 4.99 Å². The molecule has 1 fully saturated rings. The van der Waals surface area contributed by atoms with Crippen molar-refractivity contribution in [2.75, 3.05) is 5.32 Å². The van der Waals surface area contributed by atoms with E-state index in [0.717, 1.165) is 0 Å². The third-order valence-electron chi connectivity index (χ3n) is 2.64. The van der Waals surface area contributed by atoms with Crippen LogP contribution in [0.1, 0.15) is 13.3 Å². The predicted molar refractivity (Wildman–Crippen MR) is 75.8 cm³/mol. The zero-order valence-electron chi connectivity index (χ0n) is 10.5. The topological polar surface area (TPSA) is 91.5 Å². The minimum atomic E-state index is -0.522. The van der Waals surface area contributed by atoms with E-state index < -0.39 is 6.29 Å². The van der Waals surface area contributed by atoms with Gasteiger partial charge >= 0.3 is 0 Å². The average molecular weight is 282 g/mol. The number of carbonyl (C=O) groups is 1. The molecule has 0 aromatic heterocycles. The molecule has 1 heterocycles. The Bertz CT molecular complexity index is 505. The molecule has 0 saturated carbocycles. The summed E-state index contributed by atoms with van der Waals surface area (Å²) in [5.74, 6) is 0.130. The second-order valence-electron chi connectivity index (χ2n) is 4.36. The van der Waals surface area contributed by atoms with Gasteiger partial charge in [0.15, 0.2) is 12.2 Å². The molecule has 0 radical (unpaired) electrons. The van der Waals surface area contributed by atoms with Crippen molar-refractivity contribution < 1.29 is 4.79 Å². The van der Waals surface area contributed by atoms with Crippen LogP contribution < -0.4 is 21.7 Å². The number of nitrogens with zero attached hydrogens (tertiary/aromatic N) is 1. The molecule has 1 amide bonds. The van der Waals surface area contributed by atoms with Crippen molar-refractivity contribution in [2.45, 2.75) is 25.7 Å². The smallest absolute Gasteiger partial charge is 0.224 e. The normalized spacial score (nSPS) is 23.9. The number of para-hydroxylation sites is 1. The van der Waals surface area contributed by atoms with Gasteiger partial charge in [-0.3, -0.25) is 10.1 Å². The van der Waals surface area contributed by atoms with Crippen LogP contribution in [0.3, 0.4) is 0 Å². The lowest BCUT2D eigenvalue weighted by molar-refractivity contribution is -0.124. The van der Waals surface area contributed by atoms with Crippen LogP contribution in [0.15, 0.2) is 29.3 Å². The second kappa shape index (κ2) is 5.90. The summed E-state index contributed by atoms with van der Waals surface area (Å²) < 4.78 is 0. The number of aliphatic imine (C=N–C) groups is 1. The number of guanidine groups is 1. The number of halogens is 1. The van der Waals surface area contributed by atoms with E-state index in [1.54, 1.807) is 12.1 Å². The predicted octanol–water partition coefficient (Wildman–Crippen LogP) is 0.848. The van der Waals surface area contributed by atoms with Gasteiger partial charge in [0.2, 0.25) is 5.91 Å². The summed E-state index contributed by atoms with van der Waals surface area (Å²) in [5.41, 5.74) is 6.45. The van der Waals surface area contributed by atoms with Crippen LogP contribution in [0, 0.1) is 0 Å². The Balaban J connectivity index is 2.03. The fraction of sp³-hybridized carbons (Fsp3) is 0.333. The first-order valence-corrected chi connectivity index (χ1v) is 6.32. The molecule has 1 saturated heterocycles. The van der Waals surface area contributed by atoms with Crippen LogP contribution in [-0.4, -0.2) is 24.2 Å². The van der Waals surface area contributed by atoms with Gasteiger partial charge in [-0.2, -0.15) is 0 Å². The van der Waals surface area contributed by atoms with Crippen molar-refractivity contribution in [3.8, 4) is 0 Å². The lowest BCUT2D eigenvalue weighted by Crippen LogP contribution is -2.55. The molecule has 5 N–H and O–H groups in total.